The Balaban J connectivity index is 1.21. The number of carbonyl (C=O) groups is 1. The molecule has 2 aliphatic rings. The minimum atomic E-state index is -0.00139. The maximum absolute atomic E-state index is 13.3. The van der Waals surface area contributed by atoms with Crippen LogP contribution in [0.3, 0.4) is 0 Å². The van der Waals surface area contributed by atoms with Gasteiger partial charge < -0.3 is 14.4 Å². The molecular formula is C26H24N4O3. The number of rotatable bonds is 4. The second-order valence-electron chi connectivity index (χ2n) is 8.62. The molecular weight excluding hydrogens is 416 g/mol. The van der Waals surface area contributed by atoms with Gasteiger partial charge in [-0.2, -0.15) is 5.10 Å². The number of aromatic nitrogens is 3. The largest absolute Gasteiger partial charge is 0.454 e. The Morgan fingerprint density at radius 3 is 2.67 bits per heavy atom. The molecule has 6 rings (SSSR count). The number of nitrogens with zero attached hydrogens (tertiary/aromatic N) is 4. The number of ether oxygens (including phenoxy) is 2. The van der Waals surface area contributed by atoms with E-state index >= 15 is 0 Å². The van der Waals surface area contributed by atoms with E-state index in [4.69, 9.17) is 9.47 Å². The molecule has 0 N–H and O–H groups in total. The predicted molar refractivity (Wildman–Crippen MR) is 123 cm³/mol. The summed E-state index contributed by atoms with van der Waals surface area (Å²) in [7, 11) is 0. The van der Waals surface area contributed by atoms with Crippen LogP contribution >= 0.6 is 0 Å². The van der Waals surface area contributed by atoms with E-state index in [-0.39, 0.29) is 12.7 Å². The van der Waals surface area contributed by atoms with E-state index < -0.39 is 0 Å². The van der Waals surface area contributed by atoms with Gasteiger partial charge in [0.05, 0.1) is 11.9 Å². The first-order chi connectivity index (χ1) is 16.3. The maximum atomic E-state index is 13.3. The molecule has 2 aromatic carbocycles. The van der Waals surface area contributed by atoms with Gasteiger partial charge in [-0.05, 0) is 55.0 Å². The lowest BCUT2D eigenvalue weighted by Gasteiger charge is -2.32. The number of hydrogen-bond acceptors (Lipinski definition) is 5. The Morgan fingerprint density at radius 1 is 1.00 bits per heavy atom. The minimum Gasteiger partial charge on any atom is -0.454 e. The molecule has 0 saturated carbocycles. The van der Waals surface area contributed by atoms with Gasteiger partial charge in [0.1, 0.15) is 5.56 Å². The molecule has 0 spiro atoms. The van der Waals surface area contributed by atoms with Crippen molar-refractivity contribution < 1.29 is 14.3 Å². The fraction of sp³-hybridized carbons (Fsp3) is 0.269. The smallest absolute Gasteiger partial charge is 0.259 e. The molecule has 1 amide bonds. The molecule has 33 heavy (non-hydrogen) atoms. The van der Waals surface area contributed by atoms with Crippen LogP contribution in [0.25, 0.3) is 16.9 Å². The van der Waals surface area contributed by atoms with Gasteiger partial charge in [-0.15, -0.1) is 0 Å². The molecule has 7 nitrogen and oxygen atoms in total. The van der Waals surface area contributed by atoms with Crippen molar-refractivity contribution in [3.05, 3.63) is 78.1 Å². The van der Waals surface area contributed by atoms with Gasteiger partial charge in [-0.3, -0.25) is 4.79 Å². The fourth-order valence-corrected chi connectivity index (χ4v) is 4.77. The zero-order valence-corrected chi connectivity index (χ0v) is 18.2. The summed E-state index contributed by atoms with van der Waals surface area (Å²) in [5.74, 6) is 2.05. The van der Waals surface area contributed by atoms with Gasteiger partial charge in [0.25, 0.3) is 5.91 Å². The van der Waals surface area contributed by atoms with Crippen molar-refractivity contribution in [2.24, 2.45) is 5.92 Å². The fourth-order valence-electron chi connectivity index (χ4n) is 4.77. The Morgan fingerprint density at radius 2 is 1.82 bits per heavy atom. The number of fused-ring (bicyclic) bond motifs is 2. The van der Waals surface area contributed by atoms with Crippen LogP contribution in [0.5, 0.6) is 11.5 Å². The number of amides is 1. The summed E-state index contributed by atoms with van der Waals surface area (Å²) in [5, 5.41) is 4.51. The highest BCUT2D eigenvalue weighted by atomic mass is 16.7. The first kappa shape index (κ1) is 19.8. The number of benzene rings is 2. The molecule has 0 aliphatic carbocycles. The second kappa shape index (κ2) is 8.24. The Hall–Kier alpha value is -3.87. The monoisotopic (exact) mass is 440 g/mol. The van der Waals surface area contributed by atoms with Gasteiger partial charge in [-0.25, -0.2) is 9.50 Å². The van der Waals surface area contributed by atoms with E-state index in [2.05, 4.69) is 34.3 Å². The molecule has 0 unspecified atom stereocenters. The zero-order valence-electron chi connectivity index (χ0n) is 18.2. The van der Waals surface area contributed by atoms with Crippen LogP contribution in [0.2, 0.25) is 0 Å². The van der Waals surface area contributed by atoms with Crippen molar-refractivity contribution >= 4 is 11.6 Å². The highest BCUT2D eigenvalue weighted by Gasteiger charge is 2.27. The lowest BCUT2D eigenvalue weighted by molar-refractivity contribution is 0.0692. The van der Waals surface area contributed by atoms with Crippen molar-refractivity contribution in [1.29, 1.82) is 0 Å². The molecule has 7 heteroatoms. The van der Waals surface area contributed by atoms with E-state index in [0.29, 0.717) is 22.9 Å². The normalized spacial score (nSPS) is 15.8. The van der Waals surface area contributed by atoms with E-state index in [9.17, 15) is 4.79 Å². The summed E-state index contributed by atoms with van der Waals surface area (Å²) in [4.78, 5) is 19.8. The first-order valence-electron chi connectivity index (χ1n) is 11.3. The molecule has 0 radical (unpaired) electrons. The molecule has 166 valence electrons. The summed E-state index contributed by atoms with van der Waals surface area (Å²) in [5.41, 5.74) is 4.25. The van der Waals surface area contributed by atoms with Crippen LogP contribution in [0.4, 0.5) is 0 Å². The number of likely N-dealkylation sites (tertiary alicyclic amines) is 1. The number of hydrogen-bond donors (Lipinski definition) is 0. The zero-order chi connectivity index (χ0) is 22.2. The third kappa shape index (κ3) is 3.69. The van der Waals surface area contributed by atoms with Crippen LogP contribution in [0, 0.1) is 5.92 Å². The molecule has 1 saturated heterocycles. The summed E-state index contributed by atoms with van der Waals surface area (Å²) in [6.07, 6.45) is 6.45. The molecule has 2 aromatic heterocycles. The summed E-state index contributed by atoms with van der Waals surface area (Å²) in [6.45, 7) is 1.75. The summed E-state index contributed by atoms with van der Waals surface area (Å²) in [6, 6.07) is 18.3. The lowest BCUT2D eigenvalue weighted by atomic mass is 9.90. The van der Waals surface area contributed by atoms with Gasteiger partial charge in [0, 0.05) is 24.8 Å². The standard InChI is InChI=1S/C26H24N4O3/c31-26(29-12-9-19(10-13-29)14-18-4-2-1-3-5-18)21-16-28-30-22(8-11-27-25(21)30)20-6-7-23-24(15-20)33-17-32-23/h1-8,11,15-16,19H,9-10,12-14,17H2. The maximum Gasteiger partial charge on any atom is 0.259 e. The van der Waals surface area contributed by atoms with E-state index in [1.54, 1.807) is 16.9 Å². The van der Waals surface area contributed by atoms with Crippen LogP contribution < -0.4 is 9.47 Å². The third-order valence-corrected chi connectivity index (χ3v) is 6.57. The van der Waals surface area contributed by atoms with Crippen molar-refractivity contribution in [3.63, 3.8) is 0 Å². The highest BCUT2D eigenvalue weighted by molar-refractivity contribution is 6.00. The van der Waals surface area contributed by atoms with Gasteiger partial charge in [-0.1, -0.05) is 30.3 Å². The minimum absolute atomic E-state index is 0.00139. The Labute approximate surface area is 191 Å². The van der Waals surface area contributed by atoms with E-state index in [0.717, 1.165) is 49.4 Å². The summed E-state index contributed by atoms with van der Waals surface area (Å²) < 4.78 is 12.7. The Kier molecular flexibility index (Phi) is 4.94. The van der Waals surface area contributed by atoms with Crippen LogP contribution in [0.15, 0.2) is 67.0 Å². The summed E-state index contributed by atoms with van der Waals surface area (Å²) >= 11 is 0. The van der Waals surface area contributed by atoms with Crippen LogP contribution in [-0.2, 0) is 6.42 Å². The van der Waals surface area contributed by atoms with E-state index in [1.807, 2.05) is 35.2 Å². The van der Waals surface area contributed by atoms with E-state index in [1.165, 1.54) is 5.56 Å². The molecule has 4 aromatic rings. The molecule has 2 aliphatic heterocycles. The van der Waals surface area contributed by atoms with Crippen molar-refractivity contribution in [2.45, 2.75) is 19.3 Å². The number of carbonyl (C=O) groups excluding carboxylic acids is 1. The molecule has 0 atom stereocenters. The van der Waals surface area contributed by atoms with Gasteiger partial charge in [0.2, 0.25) is 6.79 Å². The predicted octanol–water partition coefficient (Wildman–Crippen LogP) is 4.22. The number of piperidine rings is 1. The average molecular weight is 441 g/mol. The van der Waals surface area contributed by atoms with Crippen molar-refractivity contribution in [1.82, 2.24) is 19.5 Å². The SMILES string of the molecule is O=C(c1cnn2c(-c3ccc4c(c3)OCO4)ccnc12)N1CCC(Cc2ccccc2)CC1. The molecule has 1 fully saturated rings. The van der Waals surface area contributed by atoms with Crippen molar-refractivity contribution in [2.75, 3.05) is 19.9 Å². The van der Waals surface area contributed by atoms with Gasteiger partial charge >= 0.3 is 0 Å². The van der Waals surface area contributed by atoms with Crippen molar-refractivity contribution in [3.8, 4) is 22.8 Å². The topological polar surface area (TPSA) is 69.0 Å². The molecule has 0 bridgehead atoms. The average Bonchev–Trinajstić information content (AvgIpc) is 3.51. The lowest BCUT2D eigenvalue weighted by Crippen LogP contribution is -2.38. The first-order valence-corrected chi connectivity index (χ1v) is 11.3. The van der Waals surface area contributed by atoms with Crippen LogP contribution in [-0.4, -0.2) is 45.3 Å². The highest BCUT2D eigenvalue weighted by Crippen LogP contribution is 2.36. The quantitative estimate of drug-likeness (QED) is 0.475. The Bertz CT molecular complexity index is 1310. The van der Waals surface area contributed by atoms with Crippen LogP contribution in [0.1, 0.15) is 28.8 Å². The van der Waals surface area contributed by atoms with Gasteiger partial charge in [0.15, 0.2) is 17.1 Å². The molecule has 4 heterocycles. The third-order valence-electron chi connectivity index (χ3n) is 6.57. The second-order valence-corrected chi connectivity index (χ2v) is 8.62.